The largest absolute Gasteiger partial charge is 0.452 e. The number of carbonyl (C=O) groups excluding carboxylic acids is 3. The molecule has 0 aliphatic carbocycles. The van der Waals surface area contributed by atoms with E-state index < -0.39 is 34.8 Å². The average molecular weight is 585 g/mol. The van der Waals surface area contributed by atoms with Crippen molar-refractivity contribution in [2.24, 2.45) is 0 Å². The standard InChI is InChI=1S/C28H33BrN4O5/c1-26(2,3)38-24(35)31-16-14-28-21-18(29)10-8-12-20(21)32(4)23(28)33(25(36)37-5)19-11-7-6-9-17(19)27(28)13-15-30-22(27)34/h6-12,23H,13-16H2,1-5H3,(H,30,34)(H,31,35)/t23-,27-,28-/m0/s1. The molecule has 202 valence electrons. The van der Waals surface area contributed by atoms with Gasteiger partial charge in [-0.2, -0.15) is 0 Å². The van der Waals surface area contributed by atoms with Crippen LogP contribution in [0.15, 0.2) is 46.9 Å². The number of benzene rings is 2. The molecule has 5 rings (SSSR count). The molecule has 1 fully saturated rings. The van der Waals surface area contributed by atoms with Crippen LogP contribution in [0, 0.1) is 0 Å². The summed E-state index contributed by atoms with van der Waals surface area (Å²) < 4.78 is 11.6. The van der Waals surface area contributed by atoms with E-state index in [1.165, 1.54) is 7.11 Å². The zero-order chi connectivity index (χ0) is 27.5. The number of methoxy groups -OCH3 is 1. The van der Waals surface area contributed by atoms with Gasteiger partial charge in [-0.3, -0.25) is 9.69 Å². The number of hydrogen-bond acceptors (Lipinski definition) is 6. The second-order valence-corrected chi connectivity index (χ2v) is 11.9. The molecule has 2 aromatic carbocycles. The van der Waals surface area contributed by atoms with Crippen LogP contribution in [0.25, 0.3) is 0 Å². The minimum Gasteiger partial charge on any atom is -0.452 e. The van der Waals surface area contributed by atoms with Crippen molar-refractivity contribution in [1.29, 1.82) is 0 Å². The lowest BCUT2D eigenvalue weighted by atomic mass is 9.51. The summed E-state index contributed by atoms with van der Waals surface area (Å²) in [5, 5.41) is 5.99. The highest BCUT2D eigenvalue weighted by molar-refractivity contribution is 9.10. The average Bonchev–Trinajstić information content (AvgIpc) is 3.36. The van der Waals surface area contributed by atoms with Gasteiger partial charge in [0.15, 0.2) is 0 Å². The molecule has 0 unspecified atom stereocenters. The van der Waals surface area contributed by atoms with Crippen molar-refractivity contribution in [3.8, 4) is 0 Å². The number of rotatable bonds is 3. The van der Waals surface area contributed by atoms with Crippen LogP contribution >= 0.6 is 15.9 Å². The van der Waals surface area contributed by atoms with Crippen molar-refractivity contribution in [2.75, 3.05) is 37.0 Å². The van der Waals surface area contributed by atoms with Crippen molar-refractivity contribution in [2.45, 2.75) is 56.2 Å². The van der Waals surface area contributed by atoms with Gasteiger partial charge in [0.05, 0.1) is 23.6 Å². The van der Waals surface area contributed by atoms with Crippen molar-refractivity contribution in [1.82, 2.24) is 10.6 Å². The van der Waals surface area contributed by atoms with E-state index in [0.29, 0.717) is 25.1 Å². The summed E-state index contributed by atoms with van der Waals surface area (Å²) in [5.74, 6) is -0.0891. The SMILES string of the molecule is COC(=O)N1c2ccccc2[C@]2(CCNC2=O)[C@@]2(CCNC(=O)OC(C)(C)C)c3c(Br)cccc3N(C)[C@@H]12. The Morgan fingerprint density at radius 3 is 2.53 bits per heavy atom. The molecule has 38 heavy (non-hydrogen) atoms. The zero-order valence-electron chi connectivity index (χ0n) is 22.3. The van der Waals surface area contributed by atoms with Crippen LogP contribution in [-0.4, -0.2) is 57.1 Å². The maximum absolute atomic E-state index is 14.1. The summed E-state index contributed by atoms with van der Waals surface area (Å²) in [7, 11) is 3.30. The second kappa shape index (κ2) is 9.18. The number of fused-ring (bicyclic) bond motifs is 6. The Morgan fingerprint density at radius 2 is 1.87 bits per heavy atom. The number of nitrogens with zero attached hydrogens (tertiary/aromatic N) is 2. The third-order valence-corrected chi connectivity index (χ3v) is 8.65. The molecular formula is C28H33BrN4O5. The first-order chi connectivity index (χ1) is 18.0. The molecule has 3 aliphatic heterocycles. The molecule has 9 nitrogen and oxygen atoms in total. The third kappa shape index (κ3) is 3.60. The van der Waals surface area contributed by atoms with E-state index in [1.54, 1.807) is 4.90 Å². The quantitative estimate of drug-likeness (QED) is 0.554. The normalized spacial score (nSPS) is 25.4. The summed E-state index contributed by atoms with van der Waals surface area (Å²) in [6, 6.07) is 13.5. The van der Waals surface area contributed by atoms with E-state index in [1.807, 2.05) is 75.2 Å². The Morgan fingerprint density at radius 1 is 1.16 bits per heavy atom. The first kappa shape index (κ1) is 26.3. The predicted molar refractivity (Wildman–Crippen MR) is 147 cm³/mol. The maximum atomic E-state index is 14.1. The van der Waals surface area contributed by atoms with Gasteiger partial charge in [0, 0.05) is 35.9 Å². The highest BCUT2D eigenvalue weighted by Gasteiger charge is 2.72. The number of halogens is 1. The Kier molecular flexibility index (Phi) is 6.37. The number of amides is 3. The van der Waals surface area contributed by atoms with Crippen LogP contribution in [0.2, 0.25) is 0 Å². The predicted octanol–water partition coefficient (Wildman–Crippen LogP) is 4.42. The lowest BCUT2D eigenvalue weighted by Crippen LogP contribution is -2.70. The van der Waals surface area contributed by atoms with E-state index in [-0.39, 0.29) is 12.5 Å². The van der Waals surface area contributed by atoms with Gasteiger partial charge in [-0.05, 0) is 57.4 Å². The number of hydrogen-bond donors (Lipinski definition) is 2. The summed E-state index contributed by atoms with van der Waals surface area (Å²) in [6.45, 7) is 6.16. The van der Waals surface area contributed by atoms with E-state index in [0.717, 1.165) is 21.3 Å². The first-order valence-electron chi connectivity index (χ1n) is 12.7. The van der Waals surface area contributed by atoms with Crippen LogP contribution in [0.4, 0.5) is 21.0 Å². The van der Waals surface area contributed by atoms with Crippen molar-refractivity contribution in [3.63, 3.8) is 0 Å². The van der Waals surface area contributed by atoms with Crippen LogP contribution in [0.1, 0.15) is 44.7 Å². The van der Waals surface area contributed by atoms with Crippen molar-refractivity contribution >= 4 is 45.4 Å². The molecule has 2 N–H and O–H groups in total. The molecule has 3 aliphatic rings. The Bertz CT molecular complexity index is 1310. The van der Waals surface area contributed by atoms with Crippen LogP contribution in [0.5, 0.6) is 0 Å². The fourth-order valence-electron chi connectivity index (χ4n) is 6.83. The lowest BCUT2D eigenvalue weighted by Gasteiger charge is -2.57. The van der Waals surface area contributed by atoms with E-state index in [4.69, 9.17) is 9.47 Å². The van der Waals surface area contributed by atoms with Gasteiger partial charge in [0.25, 0.3) is 0 Å². The van der Waals surface area contributed by atoms with Crippen molar-refractivity contribution in [3.05, 3.63) is 58.1 Å². The lowest BCUT2D eigenvalue weighted by molar-refractivity contribution is -0.127. The number of ether oxygens (including phenoxy) is 2. The Labute approximate surface area is 231 Å². The molecule has 0 radical (unpaired) electrons. The zero-order valence-corrected chi connectivity index (χ0v) is 23.8. The number of nitrogens with one attached hydrogen (secondary N) is 2. The number of likely N-dealkylation sites (N-methyl/N-ethyl adjacent to an activating group) is 1. The molecule has 1 spiro atoms. The number of anilines is 2. The van der Waals surface area contributed by atoms with Gasteiger partial charge in [0.1, 0.15) is 11.8 Å². The molecule has 2 aromatic rings. The summed E-state index contributed by atoms with van der Waals surface area (Å²) in [5.41, 5.74) is 0.666. The summed E-state index contributed by atoms with van der Waals surface area (Å²) in [4.78, 5) is 44.0. The number of carbonyl (C=O) groups is 3. The van der Waals surface area contributed by atoms with Gasteiger partial charge in [-0.25, -0.2) is 9.59 Å². The molecule has 10 heteroatoms. The van der Waals surface area contributed by atoms with Gasteiger partial charge in [-0.1, -0.05) is 40.2 Å². The highest BCUT2D eigenvalue weighted by Crippen LogP contribution is 2.65. The molecule has 3 heterocycles. The molecule has 1 saturated heterocycles. The van der Waals surface area contributed by atoms with Gasteiger partial charge >= 0.3 is 12.2 Å². The topological polar surface area (TPSA) is 100 Å². The molecule has 0 bridgehead atoms. The Balaban J connectivity index is 1.76. The minimum absolute atomic E-state index is 0.0891. The van der Waals surface area contributed by atoms with Crippen LogP contribution in [-0.2, 0) is 25.1 Å². The Hall–Kier alpha value is -3.27. The molecule has 3 atom stereocenters. The van der Waals surface area contributed by atoms with Gasteiger partial charge in [0.2, 0.25) is 5.91 Å². The fourth-order valence-corrected chi connectivity index (χ4v) is 7.54. The second-order valence-electron chi connectivity index (χ2n) is 11.0. The van der Waals surface area contributed by atoms with Crippen molar-refractivity contribution < 1.29 is 23.9 Å². The molecular weight excluding hydrogens is 552 g/mol. The van der Waals surface area contributed by atoms with E-state index in [2.05, 4.69) is 26.6 Å². The number of alkyl carbamates (subject to hydrolysis) is 1. The smallest absolute Gasteiger partial charge is 0.415 e. The monoisotopic (exact) mass is 584 g/mol. The van der Waals surface area contributed by atoms with E-state index >= 15 is 0 Å². The highest BCUT2D eigenvalue weighted by atomic mass is 79.9. The maximum Gasteiger partial charge on any atom is 0.415 e. The summed E-state index contributed by atoms with van der Waals surface area (Å²) >= 11 is 3.79. The van der Waals surface area contributed by atoms with Gasteiger partial charge < -0.3 is 25.0 Å². The summed E-state index contributed by atoms with van der Waals surface area (Å²) in [6.07, 6.45) is -0.740. The molecule has 0 saturated carbocycles. The minimum atomic E-state index is -1.00. The van der Waals surface area contributed by atoms with Crippen LogP contribution < -0.4 is 20.4 Å². The van der Waals surface area contributed by atoms with Gasteiger partial charge in [-0.15, -0.1) is 0 Å². The fraction of sp³-hybridized carbons (Fsp3) is 0.464. The molecule has 0 aromatic heterocycles. The van der Waals surface area contributed by atoms with E-state index in [9.17, 15) is 14.4 Å². The number of para-hydroxylation sites is 1. The molecule has 3 amide bonds. The first-order valence-corrected chi connectivity index (χ1v) is 13.5. The third-order valence-electron chi connectivity index (χ3n) is 7.99. The van der Waals surface area contributed by atoms with Crippen LogP contribution in [0.3, 0.4) is 0 Å².